The van der Waals surface area contributed by atoms with E-state index in [0.717, 1.165) is 35.5 Å². The molecule has 0 bridgehead atoms. The zero-order valence-electron chi connectivity index (χ0n) is 21.6. The number of aromatic hydroxyl groups is 2. The molecule has 0 saturated carbocycles. The number of anilines is 1. The molecule has 0 aliphatic heterocycles. The SMILES string of the molecule is CCN(CC)c1ccc(C(c2cc(C)c(O)c(C(=O)OC)c2)c2cc(C)c(O)c(C(=O)OC)c2)cc1. The number of benzene rings is 3. The van der Waals surface area contributed by atoms with Crippen LogP contribution in [0.2, 0.25) is 0 Å². The number of aryl methyl sites for hydroxylation is 2. The fourth-order valence-electron chi connectivity index (χ4n) is 4.52. The van der Waals surface area contributed by atoms with E-state index in [1.807, 2.05) is 36.4 Å². The van der Waals surface area contributed by atoms with E-state index in [1.165, 1.54) is 14.2 Å². The van der Waals surface area contributed by atoms with Crippen molar-refractivity contribution in [2.45, 2.75) is 33.6 Å². The Kier molecular flexibility index (Phi) is 8.25. The summed E-state index contributed by atoms with van der Waals surface area (Å²) in [6.45, 7) is 9.38. The first-order valence-electron chi connectivity index (χ1n) is 11.8. The fraction of sp³-hybridized carbons (Fsp3) is 0.310. The smallest absolute Gasteiger partial charge is 0.341 e. The Hall–Kier alpha value is -4.00. The van der Waals surface area contributed by atoms with E-state index in [-0.39, 0.29) is 22.6 Å². The van der Waals surface area contributed by atoms with Gasteiger partial charge in [0.1, 0.15) is 22.6 Å². The van der Waals surface area contributed by atoms with Crippen LogP contribution >= 0.6 is 0 Å². The molecule has 190 valence electrons. The maximum atomic E-state index is 12.4. The van der Waals surface area contributed by atoms with Crippen molar-refractivity contribution in [1.29, 1.82) is 0 Å². The van der Waals surface area contributed by atoms with Gasteiger partial charge in [-0.05, 0) is 79.8 Å². The Labute approximate surface area is 211 Å². The van der Waals surface area contributed by atoms with E-state index in [0.29, 0.717) is 11.1 Å². The van der Waals surface area contributed by atoms with Crippen LogP contribution < -0.4 is 4.90 Å². The van der Waals surface area contributed by atoms with E-state index in [9.17, 15) is 19.8 Å². The number of carbonyl (C=O) groups excluding carboxylic acids is 2. The molecule has 0 aliphatic carbocycles. The average molecular weight is 492 g/mol. The number of nitrogens with zero attached hydrogens (tertiary/aromatic N) is 1. The molecule has 0 fully saturated rings. The summed E-state index contributed by atoms with van der Waals surface area (Å²) in [6, 6.07) is 14.9. The second-order valence-electron chi connectivity index (χ2n) is 8.65. The number of hydrogen-bond donors (Lipinski definition) is 2. The molecule has 3 aromatic rings. The number of ether oxygens (including phenoxy) is 2. The molecule has 0 amide bonds. The molecule has 0 saturated heterocycles. The zero-order valence-corrected chi connectivity index (χ0v) is 21.6. The molecule has 7 nitrogen and oxygen atoms in total. The molecule has 0 radical (unpaired) electrons. The van der Waals surface area contributed by atoms with E-state index >= 15 is 0 Å². The Morgan fingerprint density at radius 2 is 1.17 bits per heavy atom. The van der Waals surface area contributed by atoms with Crippen LogP contribution in [0, 0.1) is 13.8 Å². The molecule has 3 aromatic carbocycles. The van der Waals surface area contributed by atoms with E-state index < -0.39 is 17.9 Å². The summed E-state index contributed by atoms with van der Waals surface area (Å²) in [4.78, 5) is 27.1. The molecular weight excluding hydrogens is 458 g/mol. The van der Waals surface area contributed by atoms with E-state index in [4.69, 9.17) is 9.47 Å². The van der Waals surface area contributed by atoms with Gasteiger partial charge in [-0.15, -0.1) is 0 Å². The summed E-state index contributed by atoms with van der Waals surface area (Å²) < 4.78 is 9.77. The van der Waals surface area contributed by atoms with Crippen LogP contribution in [0.25, 0.3) is 0 Å². The summed E-state index contributed by atoms with van der Waals surface area (Å²) in [6.07, 6.45) is 0. The predicted octanol–water partition coefficient (Wildman–Crippen LogP) is 5.31. The third-order valence-electron chi connectivity index (χ3n) is 6.48. The predicted molar refractivity (Wildman–Crippen MR) is 139 cm³/mol. The Balaban J connectivity index is 2.29. The summed E-state index contributed by atoms with van der Waals surface area (Å²) >= 11 is 0. The van der Waals surface area contributed by atoms with Crippen LogP contribution in [0.1, 0.15) is 68.3 Å². The fourth-order valence-corrected chi connectivity index (χ4v) is 4.52. The van der Waals surface area contributed by atoms with E-state index in [2.05, 4.69) is 18.7 Å². The van der Waals surface area contributed by atoms with Gasteiger partial charge in [-0.3, -0.25) is 0 Å². The highest BCUT2D eigenvalue weighted by molar-refractivity contribution is 5.94. The van der Waals surface area contributed by atoms with Gasteiger partial charge in [0.15, 0.2) is 0 Å². The van der Waals surface area contributed by atoms with Crippen molar-refractivity contribution < 1.29 is 29.3 Å². The second-order valence-corrected chi connectivity index (χ2v) is 8.65. The number of hydrogen-bond acceptors (Lipinski definition) is 7. The van der Waals surface area contributed by atoms with Crippen LogP contribution in [-0.4, -0.2) is 49.5 Å². The Morgan fingerprint density at radius 1 is 0.750 bits per heavy atom. The molecule has 2 N–H and O–H groups in total. The molecule has 0 unspecified atom stereocenters. The van der Waals surface area contributed by atoms with Gasteiger partial charge in [-0.1, -0.05) is 24.3 Å². The first-order valence-corrected chi connectivity index (χ1v) is 11.8. The van der Waals surface area contributed by atoms with Crippen molar-refractivity contribution in [3.05, 3.63) is 87.5 Å². The van der Waals surface area contributed by atoms with Crippen molar-refractivity contribution in [1.82, 2.24) is 0 Å². The van der Waals surface area contributed by atoms with Crippen molar-refractivity contribution in [2.75, 3.05) is 32.2 Å². The topological polar surface area (TPSA) is 96.3 Å². The molecular formula is C29H33NO6. The van der Waals surface area contributed by atoms with Gasteiger partial charge in [-0.2, -0.15) is 0 Å². The van der Waals surface area contributed by atoms with Crippen LogP contribution in [0.4, 0.5) is 5.69 Å². The van der Waals surface area contributed by atoms with Gasteiger partial charge in [0.25, 0.3) is 0 Å². The number of rotatable bonds is 8. The minimum Gasteiger partial charge on any atom is -0.507 e. The largest absolute Gasteiger partial charge is 0.507 e. The molecule has 0 aliphatic rings. The lowest BCUT2D eigenvalue weighted by Gasteiger charge is -2.24. The van der Waals surface area contributed by atoms with Crippen LogP contribution in [0.15, 0.2) is 48.5 Å². The lowest BCUT2D eigenvalue weighted by Crippen LogP contribution is -2.21. The monoisotopic (exact) mass is 491 g/mol. The number of methoxy groups -OCH3 is 2. The standard InChI is InChI=1S/C29H33NO6/c1-7-30(8-2)22-11-9-19(10-12-22)25(20-13-17(3)26(31)23(15-20)28(33)35-5)21-14-18(4)27(32)24(16-21)29(34)36-6/h9-16,25,31-32H,7-8H2,1-6H3. The van der Waals surface area contributed by atoms with Crippen molar-refractivity contribution in [2.24, 2.45) is 0 Å². The first kappa shape index (κ1) is 26.6. The number of phenolic OH excluding ortho intramolecular Hbond substituents is 2. The molecule has 36 heavy (non-hydrogen) atoms. The Bertz CT molecular complexity index is 1190. The van der Waals surface area contributed by atoms with Crippen molar-refractivity contribution in [3.63, 3.8) is 0 Å². The molecule has 0 atom stereocenters. The normalized spacial score (nSPS) is 10.9. The van der Waals surface area contributed by atoms with Crippen molar-refractivity contribution >= 4 is 17.6 Å². The quantitative estimate of drug-likeness (QED) is 0.325. The summed E-state index contributed by atoms with van der Waals surface area (Å²) in [5, 5.41) is 21.1. The molecule has 3 rings (SSSR count). The van der Waals surface area contributed by atoms with Crippen LogP contribution in [-0.2, 0) is 9.47 Å². The van der Waals surface area contributed by atoms with Gasteiger partial charge >= 0.3 is 11.9 Å². The lowest BCUT2D eigenvalue weighted by atomic mass is 9.82. The maximum Gasteiger partial charge on any atom is 0.341 e. The highest BCUT2D eigenvalue weighted by Gasteiger charge is 2.25. The minimum absolute atomic E-state index is 0.0564. The third kappa shape index (κ3) is 5.15. The molecule has 0 heterocycles. The van der Waals surface area contributed by atoms with Crippen LogP contribution in [0.3, 0.4) is 0 Å². The zero-order chi connectivity index (χ0) is 26.6. The molecule has 0 aromatic heterocycles. The first-order chi connectivity index (χ1) is 17.2. The van der Waals surface area contributed by atoms with Crippen molar-refractivity contribution in [3.8, 4) is 11.5 Å². The van der Waals surface area contributed by atoms with Gasteiger partial charge in [0.05, 0.1) is 14.2 Å². The van der Waals surface area contributed by atoms with Gasteiger partial charge < -0.3 is 24.6 Å². The number of esters is 2. The molecule has 7 heteroatoms. The van der Waals surface area contributed by atoms with E-state index in [1.54, 1.807) is 26.0 Å². The van der Waals surface area contributed by atoms with Gasteiger partial charge in [0.2, 0.25) is 0 Å². The summed E-state index contributed by atoms with van der Waals surface area (Å²) in [5.41, 5.74) is 4.58. The highest BCUT2D eigenvalue weighted by Crippen LogP contribution is 2.39. The van der Waals surface area contributed by atoms with Crippen LogP contribution in [0.5, 0.6) is 11.5 Å². The summed E-state index contributed by atoms with van der Waals surface area (Å²) in [5.74, 6) is -1.99. The third-order valence-corrected chi connectivity index (χ3v) is 6.48. The second kappa shape index (κ2) is 11.2. The number of phenols is 2. The highest BCUT2D eigenvalue weighted by atomic mass is 16.5. The van der Waals surface area contributed by atoms with Gasteiger partial charge in [0, 0.05) is 24.7 Å². The Morgan fingerprint density at radius 3 is 1.53 bits per heavy atom. The average Bonchev–Trinajstić information content (AvgIpc) is 2.88. The molecule has 0 spiro atoms. The van der Waals surface area contributed by atoms with Gasteiger partial charge in [-0.25, -0.2) is 9.59 Å². The number of carbonyl (C=O) groups is 2. The maximum absolute atomic E-state index is 12.4. The minimum atomic E-state index is -0.648. The summed E-state index contributed by atoms with van der Waals surface area (Å²) in [7, 11) is 2.53. The lowest BCUT2D eigenvalue weighted by molar-refractivity contribution is 0.0588.